The van der Waals surface area contributed by atoms with Gasteiger partial charge in [-0.15, -0.1) is 0 Å². The molecule has 0 aromatic carbocycles. The molecule has 7 heteroatoms. The van der Waals surface area contributed by atoms with Crippen molar-refractivity contribution in [3.05, 3.63) is 11.7 Å². The van der Waals surface area contributed by atoms with Gasteiger partial charge in [0.25, 0.3) is 0 Å². The maximum Gasteiger partial charge on any atom is 0.396 e. The van der Waals surface area contributed by atoms with E-state index in [0.717, 1.165) is 0 Å². The highest BCUT2D eigenvalue weighted by Crippen LogP contribution is 2.30. The van der Waals surface area contributed by atoms with E-state index in [1.165, 1.54) is 0 Å². The van der Waals surface area contributed by atoms with Crippen LogP contribution in [0.4, 0.5) is 13.2 Å². The fourth-order valence-corrected chi connectivity index (χ4v) is 1.87. The van der Waals surface area contributed by atoms with Crippen molar-refractivity contribution in [3.8, 4) is 0 Å². The van der Waals surface area contributed by atoms with Crippen molar-refractivity contribution in [2.45, 2.75) is 44.2 Å². The largest absolute Gasteiger partial charge is 0.396 e. The molecule has 1 aromatic heterocycles. The predicted molar refractivity (Wildman–Crippen MR) is 50.3 cm³/mol. The molecule has 1 saturated carbocycles. The second-order valence-electron chi connectivity index (χ2n) is 4.15. The number of Topliss-reactive ketones (excluding diaryl/α,β-unsaturated/α-hetero) is 1. The normalized spacial score (nSPS) is 18.6. The number of carbonyl (C=O) groups is 1. The molecule has 94 valence electrons. The van der Waals surface area contributed by atoms with E-state index >= 15 is 0 Å². The molecule has 0 spiro atoms. The number of halogens is 3. The topological polar surface area (TPSA) is 56.0 Å². The minimum atomic E-state index is -4.33. The first-order valence-electron chi connectivity index (χ1n) is 5.35. The molecule has 0 radical (unpaired) electrons. The fourth-order valence-electron chi connectivity index (χ4n) is 1.87. The lowest BCUT2D eigenvalue weighted by atomic mass is 9.88. The van der Waals surface area contributed by atoms with Gasteiger partial charge in [0.1, 0.15) is 12.2 Å². The third-order valence-corrected chi connectivity index (χ3v) is 2.73. The summed E-state index contributed by atoms with van der Waals surface area (Å²) in [5.41, 5.74) is 0. The SMILES string of the molecule is O=C1CCC(c2nc(CC(F)(F)F)no2)CC1. The van der Waals surface area contributed by atoms with Crippen LogP contribution in [-0.2, 0) is 11.2 Å². The number of nitrogens with zero attached hydrogens (tertiary/aromatic N) is 2. The van der Waals surface area contributed by atoms with Crippen LogP contribution < -0.4 is 0 Å². The molecular weight excluding hydrogens is 237 g/mol. The highest BCUT2D eigenvalue weighted by molar-refractivity contribution is 5.79. The van der Waals surface area contributed by atoms with Crippen LogP contribution >= 0.6 is 0 Å². The van der Waals surface area contributed by atoms with Crippen molar-refractivity contribution >= 4 is 5.78 Å². The van der Waals surface area contributed by atoms with Crippen LogP contribution in [0.25, 0.3) is 0 Å². The van der Waals surface area contributed by atoms with Gasteiger partial charge in [-0.3, -0.25) is 4.79 Å². The zero-order valence-electron chi connectivity index (χ0n) is 8.96. The Balaban J connectivity index is 2.00. The van der Waals surface area contributed by atoms with E-state index in [1.54, 1.807) is 0 Å². The first kappa shape index (κ1) is 12.1. The third kappa shape index (κ3) is 3.28. The minimum absolute atomic E-state index is 0.0813. The lowest BCUT2D eigenvalue weighted by Gasteiger charge is -2.16. The van der Waals surface area contributed by atoms with Crippen molar-refractivity contribution in [1.29, 1.82) is 0 Å². The van der Waals surface area contributed by atoms with E-state index in [2.05, 4.69) is 10.1 Å². The Labute approximate surface area is 95.2 Å². The molecule has 0 N–H and O–H groups in total. The maximum atomic E-state index is 12.1. The van der Waals surface area contributed by atoms with Crippen LogP contribution in [0, 0.1) is 0 Å². The van der Waals surface area contributed by atoms with Crippen LogP contribution in [0.1, 0.15) is 43.3 Å². The van der Waals surface area contributed by atoms with Crippen molar-refractivity contribution in [1.82, 2.24) is 10.1 Å². The summed E-state index contributed by atoms with van der Waals surface area (Å²) in [6, 6.07) is 0. The van der Waals surface area contributed by atoms with Gasteiger partial charge >= 0.3 is 6.18 Å². The quantitative estimate of drug-likeness (QED) is 0.806. The number of hydrogen-bond donors (Lipinski definition) is 0. The molecule has 1 fully saturated rings. The number of aromatic nitrogens is 2. The molecule has 17 heavy (non-hydrogen) atoms. The van der Waals surface area contributed by atoms with Crippen LogP contribution in [0.5, 0.6) is 0 Å². The van der Waals surface area contributed by atoms with E-state index < -0.39 is 12.6 Å². The van der Waals surface area contributed by atoms with Gasteiger partial charge in [0.2, 0.25) is 5.89 Å². The molecule has 1 aliphatic rings. The van der Waals surface area contributed by atoms with Gasteiger partial charge in [-0.05, 0) is 12.8 Å². The summed E-state index contributed by atoms with van der Waals surface area (Å²) < 4.78 is 41.0. The molecule has 0 bridgehead atoms. The van der Waals surface area contributed by atoms with Crippen LogP contribution in [0.3, 0.4) is 0 Å². The highest BCUT2D eigenvalue weighted by Gasteiger charge is 2.32. The molecule has 1 aliphatic carbocycles. The van der Waals surface area contributed by atoms with E-state index in [9.17, 15) is 18.0 Å². The van der Waals surface area contributed by atoms with Gasteiger partial charge in [-0.1, -0.05) is 5.16 Å². The average molecular weight is 248 g/mol. The Morgan fingerprint density at radius 3 is 2.53 bits per heavy atom. The summed E-state index contributed by atoms with van der Waals surface area (Å²) in [5.74, 6) is -0.0281. The number of hydrogen-bond acceptors (Lipinski definition) is 4. The van der Waals surface area contributed by atoms with Gasteiger partial charge in [0.15, 0.2) is 5.82 Å². The Bertz CT molecular complexity index is 404. The van der Waals surface area contributed by atoms with E-state index in [0.29, 0.717) is 25.7 Å². The molecular formula is C10H11F3N2O2. The summed E-state index contributed by atoms with van der Waals surface area (Å²) in [5, 5.41) is 3.30. The van der Waals surface area contributed by atoms with Crippen LogP contribution in [0.15, 0.2) is 4.52 Å². The van der Waals surface area contributed by atoms with Gasteiger partial charge in [-0.25, -0.2) is 0 Å². The standard InChI is InChI=1S/C10H11F3N2O2/c11-10(12,13)5-8-14-9(17-15-8)6-1-3-7(16)4-2-6/h6H,1-5H2. The number of carbonyl (C=O) groups excluding carboxylic acids is 1. The molecule has 1 heterocycles. The number of rotatable bonds is 2. The molecule has 0 aliphatic heterocycles. The smallest absolute Gasteiger partial charge is 0.339 e. The Hall–Kier alpha value is -1.40. The summed E-state index contributed by atoms with van der Waals surface area (Å²) in [6.45, 7) is 0. The molecule has 0 amide bonds. The second-order valence-corrected chi connectivity index (χ2v) is 4.15. The lowest BCUT2D eigenvalue weighted by molar-refractivity contribution is -0.128. The third-order valence-electron chi connectivity index (χ3n) is 2.73. The Morgan fingerprint density at radius 1 is 1.29 bits per heavy atom. The molecule has 0 atom stereocenters. The Kier molecular flexibility index (Phi) is 3.17. The first-order valence-corrected chi connectivity index (χ1v) is 5.35. The second kappa shape index (κ2) is 4.46. The van der Waals surface area contributed by atoms with Crippen LogP contribution in [-0.4, -0.2) is 22.1 Å². The molecule has 0 unspecified atom stereocenters. The summed E-state index contributed by atoms with van der Waals surface area (Å²) in [6.07, 6.45) is -3.49. The van der Waals surface area contributed by atoms with Gasteiger partial charge in [0.05, 0.1) is 0 Å². The molecule has 2 rings (SSSR count). The van der Waals surface area contributed by atoms with E-state index in [1.807, 2.05) is 0 Å². The van der Waals surface area contributed by atoms with Gasteiger partial charge in [-0.2, -0.15) is 18.2 Å². The highest BCUT2D eigenvalue weighted by atomic mass is 19.4. The maximum absolute atomic E-state index is 12.1. The van der Waals surface area contributed by atoms with Gasteiger partial charge < -0.3 is 4.52 Å². The Morgan fingerprint density at radius 2 is 1.94 bits per heavy atom. The fraction of sp³-hybridized carbons (Fsp3) is 0.700. The van der Waals surface area contributed by atoms with E-state index in [4.69, 9.17) is 4.52 Å². The summed E-state index contributed by atoms with van der Waals surface area (Å²) in [4.78, 5) is 14.8. The zero-order valence-corrected chi connectivity index (χ0v) is 8.96. The van der Waals surface area contributed by atoms with Gasteiger partial charge in [0, 0.05) is 18.8 Å². The van der Waals surface area contributed by atoms with E-state index in [-0.39, 0.29) is 23.4 Å². The predicted octanol–water partition coefficient (Wildman–Crippen LogP) is 2.40. The summed E-state index contributed by atoms with van der Waals surface area (Å²) >= 11 is 0. The van der Waals surface area contributed by atoms with Crippen molar-refractivity contribution in [2.75, 3.05) is 0 Å². The molecule has 0 saturated heterocycles. The molecule has 1 aromatic rings. The summed E-state index contributed by atoms with van der Waals surface area (Å²) in [7, 11) is 0. The van der Waals surface area contributed by atoms with Crippen molar-refractivity contribution in [2.24, 2.45) is 0 Å². The average Bonchev–Trinajstić information content (AvgIpc) is 2.64. The molecule has 4 nitrogen and oxygen atoms in total. The van der Waals surface area contributed by atoms with Crippen molar-refractivity contribution in [3.63, 3.8) is 0 Å². The lowest BCUT2D eigenvalue weighted by Crippen LogP contribution is -2.14. The minimum Gasteiger partial charge on any atom is -0.339 e. The zero-order chi connectivity index (χ0) is 12.5. The first-order chi connectivity index (χ1) is 7.94. The van der Waals surface area contributed by atoms with Crippen molar-refractivity contribution < 1.29 is 22.5 Å². The van der Waals surface area contributed by atoms with Crippen LogP contribution in [0.2, 0.25) is 0 Å². The number of ketones is 1. The monoisotopic (exact) mass is 248 g/mol. The number of alkyl halides is 3.